The van der Waals surface area contributed by atoms with E-state index >= 15 is 0 Å². The number of amides is 1. The number of hydrogen-bond donors (Lipinski definition) is 1. The number of carbonyl (C=O) groups excluding carboxylic acids is 1. The van der Waals surface area contributed by atoms with Gasteiger partial charge in [-0.2, -0.15) is 5.10 Å². The van der Waals surface area contributed by atoms with E-state index in [1.807, 2.05) is 44.3 Å². The summed E-state index contributed by atoms with van der Waals surface area (Å²) >= 11 is 0. The fraction of sp³-hybridized carbons (Fsp3) is 0.174. The van der Waals surface area contributed by atoms with E-state index in [4.69, 9.17) is 14.5 Å². The topological polar surface area (TPSA) is 78.3 Å². The molecule has 7 heteroatoms. The van der Waals surface area contributed by atoms with Gasteiger partial charge in [0.2, 0.25) is 0 Å². The van der Waals surface area contributed by atoms with Crippen molar-refractivity contribution in [3.63, 3.8) is 0 Å². The molecule has 0 atom stereocenters. The molecule has 0 radical (unpaired) electrons. The first-order valence-electron chi connectivity index (χ1n) is 9.45. The molecule has 0 spiro atoms. The number of hydrogen-bond acceptors (Lipinski definition) is 5. The molecule has 0 bridgehead atoms. The Morgan fingerprint density at radius 1 is 1.03 bits per heavy atom. The molecular weight excluding hydrogens is 380 g/mol. The molecule has 7 nitrogen and oxygen atoms in total. The number of benzene rings is 2. The molecule has 0 saturated heterocycles. The number of fused-ring (bicyclic) bond motifs is 1. The fourth-order valence-corrected chi connectivity index (χ4v) is 3.48. The van der Waals surface area contributed by atoms with Crippen LogP contribution in [0.3, 0.4) is 0 Å². The lowest BCUT2D eigenvalue weighted by atomic mass is 10.0. The van der Waals surface area contributed by atoms with Crippen LogP contribution in [0.4, 0.5) is 5.69 Å². The maximum absolute atomic E-state index is 13.4. The van der Waals surface area contributed by atoms with Crippen molar-refractivity contribution in [2.45, 2.75) is 6.92 Å². The van der Waals surface area contributed by atoms with Gasteiger partial charge in [0.05, 0.1) is 42.2 Å². The molecule has 0 fully saturated rings. The van der Waals surface area contributed by atoms with E-state index in [0.717, 1.165) is 16.6 Å². The van der Waals surface area contributed by atoms with Crippen molar-refractivity contribution in [3.8, 4) is 22.8 Å². The van der Waals surface area contributed by atoms with Gasteiger partial charge in [0.1, 0.15) is 11.5 Å². The first-order valence-corrected chi connectivity index (χ1v) is 9.45. The highest BCUT2D eigenvalue weighted by Gasteiger charge is 2.20. The number of ether oxygens (including phenoxy) is 2. The molecular formula is C23H22N4O3. The number of nitrogens with zero attached hydrogens (tertiary/aromatic N) is 3. The summed E-state index contributed by atoms with van der Waals surface area (Å²) in [6.07, 6.45) is 0. The average molecular weight is 402 g/mol. The standard InChI is InChI=1S/C23H22N4O3/c1-14-21-17(23(28)25-19-12-16(29-3)10-11-20(19)30-4)13-18(15-8-6-5-7-9-15)24-22(21)27(2)26-14/h5-13H,1-4H3,(H,25,28). The van der Waals surface area contributed by atoms with E-state index < -0.39 is 0 Å². The van der Waals surface area contributed by atoms with E-state index in [1.54, 1.807) is 43.2 Å². The number of nitrogens with one attached hydrogen (secondary N) is 1. The van der Waals surface area contributed by atoms with Crippen molar-refractivity contribution in [2.75, 3.05) is 19.5 Å². The van der Waals surface area contributed by atoms with Gasteiger partial charge in [-0.3, -0.25) is 9.48 Å². The second-order valence-electron chi connectivity index (χ2n) is 6.85. The minimum atomic E-state index is -0.276. The third-order valence-corrected chi connectivity index (χ3v) is 4.94. The maximum Gasteiger partial charge on any atom is 0.256 e. The smallest absolute Gasteiger partial charge is 0.256 e. The monoisotopic (exact) mass is 402 g/mol. The zero-order chi connectivity index (χ0) is 21.3. The van der Waals surface area contributed by atoms with Gasteiger partial charge in [-0.25, -0.2) is 4.98 Å². The normalized spacial score (nSPS) is 10.8. The Morgan fingerprint density at radius 2 is 1.80 bits per heavy atom. The first-order chi connectivity index (χ1) is 14.5. The van der Waals surface area contributed by atoms with E-state index in [9.17, 15) is 4.79 Å². The minimum absolute atomic E-state index is 0.276. The Morgan fingerprint density at radius 3 is 2.50 bits per heavy atom. The average Bonchev–Trinajstić information content (AvgIpc) is 3.07. The molecule has 0 aliphatic carbocycles. The highest BCUT2D eigenvalue weighted by molar-refractivity contribution is 6.13. The van der Waals surface area contributed by atoms with Crippen LogP contribution >= 0.6 is 0 Å². The maximum atomic E-state index is 13.4. The van der Waals surface area contributed by atoms with Gasteiger partial charge in [-0.1, -0.05) is 30.3 Å². The molecule has 1 amide bonds. The fourth-order valence-electron chi connectivity index (χ4n) is 3.48. The molecule has 152 valence electrons. The van der Waals surface area contributed by atoms with E-state index in [-0.39, 0.29) is 5.91 Å². The number of rotatable bonds is 5. The lowest BCUT2D eigenvalue weighted by molar-refractivity contribution is 0.102. The van der Waals surface area contributed by atoms with Crippen LogP contribution < -0.4 is 14.8 Å². The molecule has 2 heterocycles. The van der Waals surface area contributed by atoms with Crippen molar-refractivity contribution in [3.05, 3.63) is 65.9 Å². The molecule has 1 N–H and O–H groups in total. The van der Waals surface area contributed by atoms with E-state index in [1.165, 1.54) is 0 Å². The number of aromatic nitrogens is 3. The Hall–Kier alpha value is -3.87. The largest absolute Gasteiger partial charge is 0.497 e. The van der Waals surface area contributed by atoms with Crippen LogP contribution in [-0.2, 0) is 7.05 Å². The lowest BCUT2D eigenvalue weighted by Gasteiger charge is -2.13. The molecule has 2 aromatic heterocycles. The summed E-state index contributed by atoms with van der Waals surface area (Å²) in [6.45, 7) is 1.87. The summed E-state index contributed by atoms with van der Waals surface area (Å²) in [5.74, 6) is 0.886. The predicted octanol–water partition coefficient (Wildman–Crippen LogP) is 4.21. The second kappa shape index (κ2) is 7.87. The molecule has 4 rings (SSSR count). The summed E-state index contributed by atoms with van der Waals surface area (Å²) < 4.78 is 12.4. The number of anilines is 1. The third kappa shape index (κ3) is 3.45. The van der Waals surface area contributed by atoms with Gasteiger partial charge >= 0.3 is 0 Å². The Bertz CT molecular complexity index is 1230. The second-order valence-corrected chi connectivity index (χ2v) is 6.85. The first kappa shape index (κ1) is 19.4. The van der Waals surface area contributed by atoms with Crippen LogP contribution in [0.25, 0.3) is 22.3 Å². The molecule has 30 heavy (non-hydrogen) atoms. The van der Waals surface area contributed by atoms with E-state index in [0.29, 0.717) is 34.1 Å². The molecule has 0 saturated carbocycles. The lowest BCUT2D eigenvalue weighted by Crippen LogP contribution is -2.14. The van der Waals surface area contributed by atoms with Gasteiger partial charge in [-0.05, 0) is 25.1 Å². The van der Waals surface area contributed by atoms with Crippen molar-refractivity contribution >= 4 is 22.6 Å². The van der Waals surface area contributed by atoms with Gasteiger partial charge < -0.3 is 14.8 Å². The molecule has 0 unspecified atom stereocenters. The summed E-state index contributed by atoms with van der Waals surface area (Å²) in [5.41, 5.74) is 4.03. The summed E-state index contributed by atoms with van der Waals surface area (Å²) in [4.78, 5) is 18.1. The summed E-state index contributed by atoms with van der Waals surface area (Å²) in [5, 5.41) is 8.14. The van der Waals surface area contributed by atoms with Gasteiger partial charge in [0.25, 0.3) is 5.91 Å². The van der Waals surface area contributed by atoms with Crippen molar-refractivity contribution < 1.29 is 14.3 Å². The number of pyridine rings is 1. The van der Waals surface area contributed by atoms with Crippen molar-refractivity contribution in [2.24, 2.45) is 7.05 Å². The predicted molar refractivity (Wildman–Crippen MR) is 116 cm³/mol. The molecule has 4 aromatic rings. The SMILES string of the molecule is COc1ccc(OC)c(NC(=O)c2cc(-c3ccccc3)nc3c2c(C)nn3C)c1. The van der Waals surface area contributed by atoms with Crippen LogP contribution in [0, 0.1) is 6.92 Å². The molecule has 2 aromatic carbocycles. The zero-order valence-electron chi connectivity index (χ0n) is 17.3. The third-order valence-electron chi connectivity index (χ3n) is 4.94. The van der Waals surface area contributed by atoms with Gasteiger partial charge in [0.15, 0.2) is 5.65 Å². The van der Waals surface area contributed by atoms with E-state index in [2.05, 4.69) is 10.4 Å². The molecule has 0 aliphatic heterocycles. The summed E-state index contributed by atoms with van der Waals surface area (Å²) in [7, 11) is 4.95. The van der Waals surface area contributed by atoms with Crippen LogP contribution in [0.15, 0.2) is 54.6 Å². The Kier molecular flexibility index (Phi) is 5.10. The Labute approximate surface area is 174 Å². The van der Waals surface area contributed by atoms with Gasteiger partial charge in [-0.15, -0.1) is 0 Å². The number of carbonyl (C=O) groups is 1. The Balaban J connectivity index is 1.84. The number of methoxy groups -OCH3 is 2. The van der Waals surface area contributed by atoms with Crippen LogP contribution in [0.2, 0.25) is 0 Å². The van der Waals surface area contributed by atoms with Gasteiger partial charge in [0, 0.05) is 18.7 Å². The number of aryl methyl sites for hydroxylation is 2. The van der Waals surface area contributed by atoms with Crippen LogP contribution in [0.5, 0.6) is 11.5 Å². The minimum Gasteiger partial charge on any atom is -0.497 e. The summed E-state index contributed by atoms with van der Waals surface area (Å²) in [6, 6.07) is 16.8. The quantitative estimate of drug-likeness (QED) is 0.541. The highest BCUT2D eigenvalue weighted by atomic mass is 16.5. The van der Waals surface area contributed by atoms with Crippen molar-refractivity contribution in [1.29, 1.82) is 0 Å². The molecule has 0 aliphatic rings. The van der Waals surface area contributed by atoms with Crippen LogP contribution in [0.1, 0.15) is 16.1 Å². The zero-order valence-corrected chi connectivity index (χ0v) is 17.3. The van der Waals surface area contributed by atoms with Crippen LogP contribution in [-0.4, -0.2) is 34.9 Å². The highest BCUT2D eigenvalue weighted by Crippen LogP contribution is 2.31. The van der Waals surface area contributed by atoms with Crippen molar-refractivity contribution in [1.82, 2.24) is 14.8 Å².